The predicted molar refractivity (Wildman–Crippen MR) is 113 cm³/mol. The standard InChI is InChI=1S/C21H26N6.ClH/c1-2-25-13-15-26(16-14-25)20(19-11-7-4-8-12-19)21-22-23-24-27(21)17-18-9-5-3-6-10-18;/h3-12,20H,2,13-17H2,1H3;1H. The molecule has 1 unspecified atom stereocenters. The fourth-order valence-electron chi connectivity index (χ4n) is 3.77. The van der Waals surface area contributed by atoms with Gasteiger partial charge in [0.25, 0.3) is 0 Å². The molecule has 0 bridgehead atoms. The minimum Gasteiger partial charge on any atom is -0.301 e. The molecule has 2 heterocycles. The van der Waals surface area contributed by atoms with Crippen LogP contribution in [0.15, 0.2) is 60.7 Å². The summed E-state index contributed by atoms with van der Waals surface area (Å²) in [7, 11) is 0. The van der Waals surface area contributed by atoms with Gasteiger partial charge in [0.1, 0.15) is 0 Å². The van der Waals surface area contributed by atoms with Crippen molar-refractivity contribution in [1.29, 1.82) is 0 Å². The molecule has 0 amide bonds. The van der Waals surface area contributed by atoms with Crippen molar-refractivity contribution in [3.63, 3.8) is 0 Å². The van der Waals surface area contributed by atoms with Crippen molar-refractivity contribution >= 4 is 12.4 Å². The van der Waals surface area contributed by atoms with E-state index in [9.17, 15) is 0 Å². The molecular weight excluding hydrogens is 372 g/mol. The van der Waals surface area contributed by atoms with Crippen molar-refractivity contribution in [2.24, 2.45) is 0 Å². The van der Waals surface area contributed by atoms with Gasteiger partial charge in [0.2, 0.25) is 0 Å². The quantitative estimate of drug-likeness (QED) is 0.639. The number of aromatic nitrogens is 4. The van der Waals surface area contributed by atoms with Crippen molar-refractivity contribution in [3.05, 3.63) is 77.6 Å². The van der Waals surface area contributed by atoms with E-state index in [-0.39, 0.29) is 18.4 Å². The van der Waals surface area contributed by atoms with Crippen LogP contribution in [0.4, 0.5) is 0 Å². The Bertz CT molecular complexity index is 830. The topological polar surface area (TPSA) is 50.1 Å². The van der Waals surface area contributed by atoms with Gasteiger partial charge in [-0.3, -0.25) is 4.90 Å². The number of rotatable bonds is 6. The summed E-state index contributed by atoms with van der Waals surface area (Å²) >= 11 is 0. The molecule has 1 atom stereocenters. The van der Waals surface area contributed by atoms with Crippen LogP contribution in [0.25, 0.3) is 0 Å². The van der Waals surface area contributed by atoms with Crippen LogP contribution in [0, 0.1) is 0 Å². The van der Waals surface area contributed by atoms with E-state index in [0.717, 1.165) is 38.5 Å². The van der Waals surface area contributed by atoms with Gasteiger partial charge < -0.3 is 4.90 Å². The minimum absolute atomic E-state index is 0. The van der Waals surface area contributed by atoms with E-state index in [4.69, 9.17) is 0 Å². The SMILES string of the molecule is CCN1CCN(C(c2ccccc2)c2nnnn2Cc2ccccc2)CC1.Cl. The summed E-state index contributed by atoms with van der Waals surface area (Å²) in [5.41, 5.74) is 2.44. The molecule has 2 aromatic carbocycles. The molecule has 0 saturated carbocycles. The fraction of sp³-hybridized carbons (Fsp3) is 0.381. The van der Waals surface area contributed by atoms with Crippen LogP contribution in [0.2, 0.25) is 0 Å². The Morgan fingerprint density at radius 3 is 2.18 bits per heavy atom. The number of nitrogens with zero attached hydrogens (tertiary/aromatic N) is 6. The summed E-state index contributed by atoms with van der Waals surface area (Å²) in [5.74, 6) is 0.912. The lowest BCUT2D eigenvalue weighted by molar-refractivity contribution is 0.108. The molecule has 28 heavy (non-hydrogen) atoms. The highest BCUT2D eigenvalue weighted by atomic mass is 35.5. The van der Waals surface area contributed by atoms with Crippen LogP contribution in [-0.2, 0) is 6.54 Å². The highest BCUT2D eigenvalue weighted by molar-refractivity contribution is 5.85. The molecule has 0 radical (unpaired) electrons. The molecule has 1 aromatic heterocycles. The number of tetrazole rings is 1. The zero-order chi connectivity index (χ0) is 18.5. The van der Waals surface area contributed by atoms with E-state index >= 15 is 0 Å². The molecule has 1 aliphatic rings. The van der Waals surface area contributed by atoms with Crippen molar-refractivity contribution < 1.29 is 0 Å². The van der Waals surface area contributed by atoms with E-state index in [0.29, 0.717) is 6.54 Å². The molecule has 7 heteroatoms. The Morgan fingerprint density at radius 2 is 1.54 bits per heavy atom. The molecule has 3 aromatic rings. The average Bonchev–Trinajstić information content (AvgIpc) is 3.18. The molecule has 148 valence electrons. The smallest absolute Gasteiger partial charge is 0.173 e. The fourth-order valence-corrected chi connectivity index (χ4v) is 3.77. The summed E-state index contributed by atoms with van der Waals surface area (Å²) in [6, 6.07) is 21.0. The van der Waals surface area contributed by atoms with Gasteiger partial charge in [-0.05, 0) is 28.1 Å². The van der Waals surface area contributed by atoms with Crippen LogP contribution in [0.5, 0.6) is 0 Å². The van der Waals surface area contributed by atoms with Gasteiger partial charge in [-0.25, -0.2) is 4.68 Å². The Labute approximate surface area is 172 Å². The molecule has 1 saturated heterocycles. The Balaban J connectivity index is 0.00000225. The second kappa shape index (κ2) is 9.78. The van der Waals surface area contributed by atoms with Crippen LogP contribution in [0.1, 0.15) is 29.9 Å². The van der Waals surface area contributed by atoms with Gasteiger partial charge in [-0.2, -0.15) is 0 Å². The summed E-state index contributed by atoms with van der Waals surface area (Å²) < 4.78 is 1.94. The highest BCUT2D eigenvalue weighted by Crippen LogP contribution is 2.28. The van der Waals surface area contributed by atoms with E-state index in [1.165, 1.54) is 11.1 Å². The first kappa shape index (κ1) is 20.5. The maximum Gasteiger partial charge on any atom is 0.173 e. The van der Waals surface area contributed by atoms with Crippen LogP contribution >= 0.6 is 12.4 Å². The van der Waals surface area contributed by atoms with Gasteiger partial charge in [-0.1, -0.05) is 67.6 Å². The average molecular weight is 399 g/mol. The largest absolute Gasteiger partial charge is 0.301 e. The summed E-state index contributed by atoms with van der Waals surface area (Å²) in [5, 5.41) is 12.8. The molecular formula is C21H27ClN6. The third-order valence-electron chi connectivity index (χ3n) is 5.31. The third kappa shape index (κ3) is 4.58. The maximum absolute atomic E-state index is 4.45. The van der Waals surface area contributed by atoms with Gasteiger partial charge in [-0.15, -0.1) is 17.5 Å². The lowest BCUT2D eigenvalue weighted by Gasteiger charge is -2.38. The number of benzene rings is 2. The molecule has 1 fully saturated rings. The maximum atomic E-state index is 4.45. The first-order chi connectivity index (χ1) is 13.3. The number of hydrogen-bond donors (Lipinski definition) is 0. The molecule has 0 spiro atoms. The number of hydrogen-bond acceptors (Lipinski definition) is 5. The zero-order valence-electron chi connectivity index (χ0n) is 16.2. The summed E-state index contributed by atoms with van der Waals surface area (Å²) in [6.45, 7) is 8.22. The second-order valence-electron chi connectivity index (χ2n) is 6.96. The normalized spacial score (nSPS) is 16.5. The van der Waals surface area contributed by atoms with Crippen molar-refractivity contribution in [1.82, 2.24) is 30.0 Å². The van der Waals surface area contributed by atoms with Crippen LogP contribution < -0.4 is 0 Å². The van der Waals surface area contributed by atoms with E-state index < -0.39 is 0 Å². The van der Waals surface area contributed by atoms with Gasteiger partial charge >= 0.3 is 0 Å². The van der Waals surface area contributed by atoms with E-state index in [2.05, 4.69) is 86.8 Å². The third-order valence-corrected chi connectivity index (χ3v) is 5.31. The summed E-state index contributed by atoms with van der Waals surface area (Å²) in [6.07, 6.45) is 0. The monoisotopic (exact) mass is 398 g/mol. The zero-order valence-corrected chi connectivity index (χ0v) is 17.0. The minimum atomic E-state index is 0. The number of piperazine rings is 1. The summed E-state index contributed by atoms with van der Waals surface area (Å²) in [4.78, 5) is 5.00. The number of likely N-dealkylation sites (N-methyl/N-ethyl adjacent to an activating group) is 1. The van der Waals surface area contributed by atoms with Gasteiger partial charge in [0.05, 0.1) is 12.6 Å². The molecule has 4 rings (SSSR count). The first-order valence-corrected chi connectivity index (χ1v) is 9.66. The van der Waals surface area contributed by atoms with Gasteiger partial charge in [0.15, 0.2) is 5.82 Å². The lowest BCUT2D eigenvalue weighted by atomic mass is 10.0. The molecule has 0 N–H and O–H groups in total. The van der Waals surface area contributed by atoms with Crippen LogP contribution in [-0.4, -0.2) is 62.7 Å². The Hall–Kier alpha value is -2.28. The lowest BCUT2D eigenvalue weighted by Crippen LogP contribution is -2.48. The molecule has 1 aliphatic heterocycles. The van der Waals surface area contributed by atoms with Gasteiger partial charge in [0, 0.05) is 26.2 Å². The van der Waals surface area contributed by atoms with E-state index in [1.54, 1.807) is 0 Å². The Morgan fingerprint density at radius 1 is 0.893 bits per heavy atom. The van der Waals surface area contributed by atoms with Crippen molar-refractivity contribution in [2.75, 3.05) is 32.7 Å². The highest BCUT2D eigenvalue weighted by Gasteiger charge is 2.30. The molecule has 0 aliphatic carbocycles. The Kier molecular flexibility index (Phi) is 7.14. The molecule has 6 nitrogen and oxygen atoms in total. The first-order valence-electron chi connectivity index (χ1n) is 9.66. The van der Waals surface area contributed by atoms with E-state index in [1.807, 2.05) is 10.7 Å². The predicted octanol–water partition coefficient (Wildman–Crippen LogP) is 2.87. The van der Waals surface area contributed by atoms with Crippen LogP contribution in [0.3, 0.4) is 0 Å². The van der Waals surface area contributed by atoms with Crippen molar-refractivity contribution in [2.45, 2.75) is 19.5 Å². The van der Waals surface area contributed by atoms with Crippen molar-refractivity contribution in [3.8, 4) is 0 Å². The number of halogens is 1. The second-order valence-corrected chi connectivity index (χ2v) is 6.96.